The van der Waals surface area contributed by atoms with E-state index in [2.05, 4.69) is 4.98 Å². The molecular formula is C28H21ClFN3O2. The van der Waals surface area contributed by atoms with Gasteiger partial charge in [-0.1, -0.05) is 78.3 Å². The highest BCUT2D eigenvalue weighted by Crippen LogP contribution is 2.29. The van der Waals surface area contributed by atoms with E-state index >= 15 is 0 Å². The van der Waals surface area contributed by atoms with Gasteiger partial charge in [0.1, 0.15) is 11.9 Å². The average molecular weight is 486 g/mol. The molecule has 0 unspecified atom stereocenters. The fraction of sp³-hybridized carbons (Fsp3) is 0.0714. The first-order valence-corrected chi connectivity index (χ1v) is 11.5. The van der Waals surface area contributed by atoms with Gasteiger partial charge >= 0.3 is 5.69 Å². The lowest BCUT2D eigenvalue weighted by Crippen LogP contribution is -2.40. The van der Waals surface area contributed by atoms with E-state index < -0.39 is 11.7 Å². The van der Waals surface area contributed by atoms with E-state index in [0.29, 0.717) is 32.9 Å². The number of rotatable bonds is 6. The number of imidazole rings is 1. The number of benzene rings is 4. The van der Waals surface area contributed by atoms with E-state index in [1.807, 2.05) is 60.7 Å². The molecule has 5 nitrogen and oxygen atoms in total. The van der Waals surface area contributed by atoms with Crippen LogP contribution in [0.15, 0.2) is 108 Å². The number of hydrogen-bond acceptors (Lipinski definition) is 2. The quantitative estimate of drug-likeness (QED) is 0.323. The maximum absolute atomic E-state index is 14.3. The topological polar surface area (TPSA) is 58.1 Å². The third-order valence-electron chi connectivity index (χ3n) is 5.87. The lowest BCUT2D eigenvalue weighted by atomic mass is 10.0. The van der Waals surface area contributed by atoms with Gasteiger partial charge in [-0.15, -0.1) is 0 Å². The Labute approximate surface area is 206 Å². The summed E-state index contributed by atoms with van der Waals surface area (Å²) in [6.07, 6.45) is 0. The van der Waals surface area contributed by atoms with Crippen molar-refractivity contribution in [1.29, 1.82) is 0 Å². The number of fused-ring (bicyclic) bond motifs is 1. The first kappa shape index (κ1) is 22.6. The first-order chi connectivity index (χ1) is 17.0. The molecule has 35 heavy (non-hydrogen) atoms. The number of halogens is 2. The maximum Gasteiger partial charge on any atom is 0.327 e. The van der Waals surface area contributed by atoms with Crippen molar-refractivity contribution in [3.05, 3.63) is 136 Å². The Bertz CT molecular complexity index is 1550. The van der Waals surface area contributed by atoms with Gasteiger partial charge in [-0.25, -0.2) is 9.18 Å². The second kappa shape index (κ2) is 9.60. The number of amides is 1. The Morgan fingerprint density at radius 1 is 0.914 bits per heavy atom. The summed E-state index contributed by atoms with van der Waals surface area (Å²) in [5.41, 5.74) is 2.43. The lowest BCUT2D eigenvalue weighted by molar-refractivity contribution is -0.120. The molecule has 1 atom stereocenters. The van der Waals surface area contributed by atoms with Gasteiger partial charge < -0.3 is 9.88 Å². The van der Waals surface area contributed by atoms with Crippen molar-refractivity contribution >= 4 is 34.2 Å². The molecule has 0 radical (unpaired) electrons. The Morgan fingerprint density at radius 2 is 1.60 bits per heavy atom. The van der Waals surface area contributed by atoms with Gasteiger partial charge in [0.05, 0.1) is 22.6 Å². The van der Waals surface area contributed by atoms with Gasteiger partial charge in [-0.3, -0.25) is 9.36 Å². The van der Waals surface area contributed by atoms with Crippen LogP contribution in [0.1, 0.15) is 17.2 Å². The van der Waals surface area contributed by atoms with Crippen LogP contribution in [-0.2, 0) is 11.3 Å². The predicted octanol–water partition coefficient (Wildman–Crippen LogP) is 5.94. The van der Waals surface area contributed by atoms with Gasteiger partial charge in [0, 0.05) is 5.69 Å². The number of carbonyl (C=O) groups is 1. The second-order valence-electron chi connectivity index (χ2n) is 8.14. The van der Waals surface area contributed by atoms with Gasteiger partial charge in [-0.2, -0.15) is 0 Å². The van der Waals surface area contributed by atoms with Crippen LogP contribution in [0.4, 0.5) is 10.1 Å². The van der Waals surface area contributed by atoms with Crippen molar-refractivity contribution in [1.82, 2.24) is 9.55 Å². The summed E-state index contributed by atoms with van der Waals surface area (Å²) in [6.45, 7) is 0.127. The van der Waals surface area contributed by atoms with Crippen LogP contribution >= 0.6 is 11.6 Å². The van der Waals surface area contributed by atoms with Crippen molar-refractivity contribution < 1.29 is 9.18 Å². The summed E-state index contributed by atoms with van der Waals surface area (Å²) < 4.78 is 15.4. The third kappa shape index (κ3) is 4.48. The van der Waals surface area contributed by atoms with Crippen LogP contribution in [0.25, 0.3) is 11.0 Å². The number of aromatic amines is 1. The van der Waals surface area contributed by atoms with Gasteiger partial charge in [0.15, 0.2) is 0 Å². The summed E-state index contributed by atoms with van der Waals surface area (Å²) in [5.74, 6) is -0.723. The number of carbonyl (C=O) groups excluding carboxylic acids is 1. The monoisotopic (exact) mass is 485 g/mol. The molecule has 1 amide bonds. The van der Waals surface area contributed by atoms with E-state index in [9.17, 15) is 14.0 Å². The molecule has 7 heteroatoms. The average Bonchev–Trinajstić information content (AvgIpc) is 3.21. The van der Waals surface area contributed by atoms with Crippen molar-refractivity contribution in [2.24, 2.45) is 0 Å². The SMILES string of the molecule is O=C([C@H](c1ccccc1)n1c(=O)[nH]c2c(Cl)cccc21)N(Cc1cccc(F)c1)c1ccccc1. The van der Waals surface area contributed by atoms with Crippen molar-refractivity contribution in [3.63, 3.8) is 0 Å². The summed E-state index contributed by atoms with van der Waals surface area (Å²) in [4.78, 5) is 31.9. The summed E-state index contributed by atoms with van der Waals surface area (Å²) in [7, 11) is 0. The number of aromatic nitrogens is 2. The zero-order valence-electron chi connectivity index (χ0n) is 18.6. The summed E-state index contributed by atoms with van der Waals surface area (Å²) in [5, 5.41) is 0.386. The molecular weight excluding hydrogens is 465 g/mol. The molecule has 174 valence electrons. The molecule has 0 bridgehead atoms. The molecule has 0 saturated heterocycles. The molecule has 0 spiro atoms. The van der Waals surface area contributed by atoms with Crippen LogP contribution in [-0.4, -0.2) is 15.5 Å². The van der Waals surface area contributed by atoms with Gasteiger partial charge in [-0.05, 0) is 47.5 Å². The number of H-pyrrole nitrogens is 1. The zero-order chi connectivity index (χ0) is 24.4. The fourth-order valence-corrected chi connectivity index (χ4v) is 4.49. The Morgan fingerprint density at radius 3 is 2.31 bits per heavy atom. The highest BCUT2D eigenvalue weighted by molar-refractivity contribution is 6.34. The number of nitrogens with zero attached hydrogens (tertiary/aromatic N) is 2. The minimum Gasteiger partial charge on any atom is -0.306 e. The Balaban J connectivity index is 1.69. The van der Waals surface area contributed by atoms with Crippen LogP contribution < -0.4 is 10.6 Å². The normalized spacial score (nSPS) is 11.9. The van der Waals surface area contributed by atoms with Crippen molar-refractivity contribution in [3.8, 4) is 0 Å². The fourth-order valence-electron chi connectivity index (χ4n) is 4.28. The lowest BCUT2D eigenvalue weighted by Gasteiger charge is -2.29. The number of anilines is 1. The van der Waals surface area contributed by atoms with Crippen LogP contribution in [0.3, 0.4) is 0 Å². The molecule has 0 saturated carbocycles. The van der Waals surface area contributed by atoms with Gasteiger partial charge in [0.25, 0.3) is 5.91 Å². The smallest absolute Gasteiger partial charge is 0.306 e. The standard InChI is InChI=1S/C28H21ClFN3O2/c29-23-15-8-16-24-25(23)31-28(35)33(24)26(20-10-3-1-4-11-20)27(34)32(22-13-5-2-6-14-22)18-19-9-7-12-21(30)17-19/h1-17,26H,18H2,(H,31,35)/t26-/m0/s1. The Hall–Kier alpha value is -4.16. The van der Waals surface area contributed by atoms with E-state index in [1.54, 1.807) is 35.2 Å². The highest BCUT2D eigenvalue weighted by Gasteiger charge is 2.31. The summed E-state index contributed by atoms with van der Waals surface area (Å²) in [6, 6.07) is 28.6. The van der Waals surface area contributed by atoms with E-state index in [-0.39, 0.29) is 18.3 Å². The molecule has 0 aliphatic heterocycles. The van der Waals surface area contributed by atoms with Crippen molar-refractivity contribution in [2.45, 2.75) is 12.6 Å². The molecule has 0 aliphatic rings. The van der Waals surface area contributed by atoms with E-state index in [1.165, 1.54) is 16.7 Å². The third-order valence-corrected chi connectivity index (χ3v) is 6.19. The predicted molar refractivity (Wildman–Crippen MR) is 136 cm³/mol. The summed E-state index contributed by atoms with van der Waals surface area (Å²) >= 11 is 6.34. The molecule has 5 aromatic rings. The van der Waals surface area contributed by atoms with E-state index in [4.69, 9.17) is 11.6 Å². The molecule has 0 aliphatic carbocycles. The minimum absolute atomic E-state index is 0.127. The number of para-hydroxylation sites is 2. The van der Waals surface area contributed by atoms with E-state index in [0.717, 1.165) is 0 Å². The molecule has 1 aromatic heterocycles. The van der Waals surface area contributed by atoms with Gasteiger partial charge in [0.2, 0.25) is 0 Å². The number of hydrogen-bond donors (Lipinski definition) is 1. The highest BCUT2D eigenvalue weighted by atomic mass is 35.5. The molecule has 4 aromatic carbocycles. The molecule has 0 fully saturated rings. The first-order valence-electron chi connectivity index (χ1n) is 11.1. The second-order valence-corrected chi connectivity index (χ2v) is 8.54. The number of nitrogens with one attached hydrogen (secondary N) is 1. The van der Waals surface area contributed by atoms with Crippen LogP contribution in [0, 0.1) is 5.82 Å². The minimum atomic E-state index is -0.982. The van der Waals surface area contributed by atoms with Crippen LogP contribution in [0.2, 0.25) is 5.02 Å². The maximum atomic E-state index is 14.3. The molecule has 1 N–H and O–H groups in total. The molecule has 1 heterocycles. The van der Waals surface area contributed by atoms with Crippen LogP contribution in [0.5, 0.6) is 0 Å². The zero-order valence-corrected chi connectivity index (χ0v) is 19.3. The Kier molecular flexibility index (Phi) is 6.21. The molecule has 5 rings (SSSR count). The van der Waals surface area contributed by atoms with Crippen molar-refractivity contribution in [2.75, 3.05) is 4.90 Å². The largest absolute Gasteiger partial charge is 0.327 e.